The fourth-order valence-corrected chi connectivity index (χ4v) is 7.16. The molecule has 1 amide bonds. The zero-order valence-electron chi connectivity index (χ0n) is 33.1. The second kappa shape index (κ2) is 33.7. The highest BCUT2D eigenvalue weighted by atomic mass is 16.7. The van der Waals surface area contributed by atoms with E-state index in [1.54, 1.807) is 0 Å². The Morgan fingerprint density at radius 2 is 0.980 bits per heavy atom. The molecule has 0 saturated carbocycles. The second-order valence-electron chi connectivity index (χ2n) is 15.5. The van der Waals surface area contributed by atoms with Crippen molar-refractivity contribution >= 4 is 5.91 Å². The number of rotatable bonds is 36. The van der Waals surface area contributed by atoms with E-state index in [1.807, 2.05) is 0 Å². The van der Waals surface area contributed by atoms with Crippen LogP contribution in [0.4, 0.5) is 0 Å². The van der Waals surface area contributed by atoms with Crippen LogP contribution >= 0.6 is 0 Å². The zero-order chi connectivity index (χ0) is 37.4. The predicted molar refractivity (Wildman–Crippen MR) is 208 cm³/mol. The summed E-state index contributed by atoms with van der Waals surface area (Å²) in [6.45, 7) is 3.83. The summed E-state index contributed by atoms with van der Waals surface area (Å²) in [6, 6.07) is -0.710. The molecule has 0 spiro atoms. The van der Waals surface area contributed by atoms with Gasteiger partial charge in [0.05, 0.1) is 25.4 Å². The Balaban J connectivity index is 2.35. The maximum atomic E-state index is 12.9. The Morgan fingerprint density at radius 3 is 1.39 bits per heavy atom. The van der Waals surface area contributed by atoms with Gasteiger partial charge in [-0.05, 0) is 12.8 Å². The molecule has 9 heteroatoms. The van der Waals surface area contributed by atoms with E-state index in [4.69, 9.17) is 9.47 Å². The Hall–Kier alpha value is -0.810. The number of carbonyl (C=O) groups is 1. The lowest BCUT2D eigenvalue weighted by molar-refractivity contribution is -0.302. The van der Waals surface area contributed by atoms with Crippen LogP contribution in [-0.2, 0) is 14.3 Å². The Labute approximate surface area is 313 Å². The molecule has 1 rings (SSSR count). The van der Waals surface area contributed by atoms with E-state index in [-0.39, 0.29) is 12.5 Å². The van der Waals surface area contributed by atoms with Crippen LogP contribution in [0.15, 0.2) is 0 Å². The molecule has 1 aliphatic heterocycles. The molecule has 6 N–H and O–H groups in total. The van der Waals surface area contributed by atoms with Crippen LogP contribution in [0.2, 0.25) is 0 Å². The average molecular weight is 730 g/mol. The summed E-state index contributed by atoms with van der Waals surface area (Å²) in [4.78, 5) is 12.9. The van der Waals surface area contributed by atoms with Gasteiger partial charge in [0.1, 0.15) is 24.4 Å². The van der Waals surface area contributed by atoms with Crippen LogP contribution in [0.1, 0.15) is 206 Å². The van der Waals surface area contributed by atoms with Crippen molar-refractivity contribution in [3.05, 3.63) is 0 Å². The molecule has 1 fully saturated rings. The number of hydrogen-bond donors (Lipinski definition) is 6. The van der Waals surface area contributed by atoms with Crippen LogP contribution in [0.5, 0.6) is 0 Å². The van der Waals surface area contributed by atoms with Gasteiger partial charge in [-0.3, -0.25) is 4.79 Å². The Morgan fingerprint density at radius 1 is 0.588 bits per heavy atom. The van der Waals surface area contributed by atoms with E-state index in [2.05, 4.69) is 19.2 Å². The van der Waals surface area contributed by atoms with Gasteiger partial charge in [0.15, 0.2) is 6.29 Å². The van der Waals surface area contributed by atoms with Gasteiger partial charge >= 0.3 is 0 Å². The largest absolute Gasteiger partial charge is 0.394 e. The highest BCUT2D eigenvalue weighted by Crippen LogP contribution is 2.23. The van der Waals surface area contributed by atoms with E-state index in [0.717, 1.165) is 38.5 Å². The molecule has 0 aromatic rings. The molecule has 9 nitrogen and oxygen atoms in total. The third kappa shape index (κ3) is 25.0. The number of nitrogens with one attached hydrogen (secondary N) is 1. The molecular formula is C42H83NO8. The van der Waals surface area contributed by atoms with Gasteiger partial charge in [-0.15, -0.1) is 0 Å². The van der Waals surface area contributed by atoms with Gasteiger partial charge < -0.3 is 40.3 Å². The summed E-state index contributed by atoms with van der Waals surface area (Å²) in [5.41, 5.74) is 0. The minimum atomic E-state index is -1.55. The van der Waals surface area contributed by atoms with Crippen molar-refractivity contribution in [2.75, 3.05) is 13.2 Å². The molecule has 0 radical (unpaired) electrons. The number of aliphatic hydroxyl groups excluding tert-OH is 5. The van der Waals surface area contributed by atoms with Gasteiger partial charge in [0.25, 0.3) is 0 Å². The molecule has 0 aromatic carbocycles. The van der Waals surface area contributed by atoms with Crippen molar-refractivity contribution < 1.29 is 39.8 Å². The first-order valence-corrected chi connectivity index (χ1v) is 21.7. The van der Waals surface area contributed by atoms with E-state index in [0.29, 0.717) is 12.8 Å². The quantitative estimate of drug-likeness (QED) is 0.0353. The lowest BCUT2D eigenvalue weighted by Gasteiger charge is -2.40. The second-order valence-corrected chi connectivity index (χ2v) is 15.5. The summed E-state index contributed by atoms with van der Waals surface area (Å²) >= 11 is 0. The van der Waals surface area contributed by atoms with Crippen LogP contribution in [0.25, 0.3) is 0 Å². The smallest absolute Gasteiger partial charge is 0.220 e. The van der Waals surface area contributed by atoms with Crippen LogP contribution in [0, 0.1) is 0 Å². The van der Waals surface area contributed by atoms with Crippen molar-refractivity contribution in [1.82, 2.24) is 5.32 Å². The zero-order valence-corrected chi connectivity index (χ0v) is 33.1. The van der Waals surface area contributed by atoms with Crippen molar-refractivity contribution in [1.29, 1.82) is 0 Å². The first-order valence-electron chi connectivity index (χ1n) is 21.7. The van der Waals surface area contributed by atoms with Gasteiger partial charge in [0.2, 0.25) is 5.91 Å². The molecule has 1 saturated heterocycles. The first-order chi connectivity index (χ1) is 24.8. The van der Waals surface area contributed by atoms with Crippen LogP contribution < -0.4 is 5.32 Å². The van der Waals surface area contributed by atoms with Gasteiger partial charge in [-0.2, -0.15) is 0 Å². The maximum Gasteiger partial charge on any atom is 0.220 e. The number of unbranched alkanes of at least 4 members (excludes halogenated alkanes) is 26. The summed E-state index contributed by atoms with van der Waals surface area (Å²) in [5, 5.41) is 54.2. The predicted octanol–water partition coefficient (Wildman–Crippen LogP) is 8.39. The molecule has 51 heavy (non-hydrogen) atoms. The Kier molecular flexibility index (Phi) is 31.9. The number of hydrogen-bond acceptors (Lipinski definition) is 8. The van der Waals surface area contributed by atoms with E-state index in [9.17, 15) is 30.3 Å². The fourth-order valence-electron chi connectivity index (χ4n) is 7.16. The van der Waals surface area contributed by atoms with Crippen molar-refractivity contribution in [3.63, 3.8) is 0 Å². The third-order valence-electron chi connectivity index (χ3n) is 10.7. The number of aliphatic hydroxyl groups is 5. The number of ether oxygens (including phenoxy) is 2. The van der Waals surface area contributed by atoms with E-state index >= 15 is 0 Å². The molecule has 0 bridgehead atoms. The maximum absolute atomic E-state index is 12.9. The monoisotopic (exact) mass is 730 g/mol. The van der Waals surface area contributed by atoms with E-state index < -0.39 is 49.5 Å². The van der Waals surface area contributed by atoms with Gasteiger partial charge in [-0.1, -0.05) is 187 Å². The summed E-state index contributed by atoms with van der Waals surface area (Å²) in [5.74, 6) is -0.142. The topological polar surface area (TPSA) is 149 Å². The summed E-state index contributed by atoms with van der Waals surface area (Å²) in [7, 11) is 0. The molecule has 0 aliphatic carbocycles. The standard InChI is InChI=1S/C42H83NO8/c1-3-5-7-9-11-13-15-17-18-20-22-24-26-28-30-32-38(46)43-35(34-50-42-41(49)40(48)39(47)37(33-44)51-42)36(45)31-29-27-25-23-21-19-16-14-12-10-8-6-4-2/h35-37,39-42,44-45,47-49H,3-34H2,1-2H3,(H,43,46)/t35-,36+,37+,39-,40-,41+,42+/m0/s1. The van der Waals surface area contributed by atoms with Crippen molar-refractivity contribution in [3.8, 4) is 0 Å². The first kappa shape index (κ1) is 48.2. The number of amides is 1. The average Bonchev–Trinajstić information content (AvgIpc) is 3.13. The molecular weight excluding hydrogens is 646 g/mol. The molecule has 0 aromatic heterocycles. The van der Waals surface area contributed by atoms with Crippen molar-refractivity contribution in [2.24, 2.45) is 0 Å². The lowest BCUT2D eigenvalue weighted by atomic mass is 9.99. The fraction of sp³-hybridized carbons (Fsp3) is 0.976. The number of carbonyl (C=O) groups excluding carboxylic acids is 1. The van der Waals surface area contributed by atoms with Gasteiger partial charge in [0, 0.05) is 6.42 Å². The third-order valence-corrected chi connectivity index (χ3v) is 10.7. The molecule has 304 valence electrons. The normalized spacial score (nSPS) is 21.9. The summed E-state index contributed by atoms with van der Waals surface area (Å²) < 4.78 is 11.2. The van der Waals surface area contributed by atoms with E-state index in [1.165, 1.54) is 141 Å². The lowest BCUT2D eigenvalue weighted by Crippen LogP contribution is -2.60. The van der Waals surface area contributed by atoms with Gasteiger partial charge in [-0.25, -0.2) is 0 Å². The molecule has 7 atom stereocenters. The molecule has 0 unspecified atom stereocenters. The highest BCUT2D eigenvalue weighted by molar-refractivity contribution is 5.76. The summed E-state index contributed by atoms with van der Waals surface area (Å²) in [6.07, 6.45) is 28.2. The Bertz CT molecular complexity index is 771. The minimum Gasteiger partial charge on any atom is -0.394 e. The minimum absolute atomic E-state index is 0.132. The van der Waals surface area contributed by atoms with Crippen molar-refractivity contribution in [2.45, 2.75) is 249 Å². The highest BCUT2D eigenvalue weighted by Gasteiger charge is 2.44. The van der Waals surface area contributed by atoms with Crippen LogP contribution in [-0.4, -0.2) is 87.5 Å². The SMILES string of the molecule is CCCCCCCCCCCCCCCCCC(=O)N[C@@H](CO[C@@H]1O[C@H](CO)[C@H](O)[C@H](O)[C@H]1O)[C@H](O)CCCCCCCCCCCCCCC. The molecule has 1 heterocycles. The van der Waals surface area contributed by atoms with Crippen LogP contribution in [0.3, 0.4) is 0 Å². The molecule has 1 aliphatic rings.